The number of hydrogen-bond acceptors (Lipinski definition) is 3. The Morgan fingerprint density at radius 2 is 1.73 bits per heavy atom. The van der Waals surface area contributed by atoms with Gasteiger partial charge < -0.3 is 4.90 Å². The largest absolute Gasteiger partial charge is 0.312 e. The summed E-state index contributed by atoms with van der Waals surface area (Å²) in [5, 5.41) is 0. The van der Waals surface area contributed by atoms with Crippen LogP contribution in [0.25, 0.3) is 0 Å². The van der Waals surface area contributed by atoms with Gasteiger partial charge in [-0.1, -0.05) is 36.4 Å². The fraction of sp³-hybridized carbons (Fsp3) is 0.350. The van der Waals surface area contributed by atoms with E-state index in [-0.39, 0.29) is 19.0 Å². The van der Waals surface area contributed by atoms with Crippen LogP contribution in [-0.4, -0.2) is 38.0 Å². The fourth-order valence-corrected chi connectivity index (χ4v) is 3.52. The molecule has 0 saturated carbocycles. The predicted molar refractivity (Wildman–Crippen MR) is 106 cm³/mol. The lowest BCUT2D eigenvalue weighted by atomic mass is 10.1. The molecule has 0 saturated heterocycles. The van der Waals surface area contributed by atoms with Crippen LogP contribution in [0.4, 0.5) is 5.69 Å². The highest BCUT2D eigenvalue weighted by Gasteiger charge is 2.24. The smallest absolute Gasteiger partial charge is 0.242 e. The summed E-state index contributed by atoms with van der Waals surface area (Å²) in [6.45, 7) is 6.25. The van der Waals surface area contributed by atoms with Crippen LogP contribution in [0.15, 0.2) is 48.5 Å². The maximum atomic E-state index is 12.8. The van der Waals surface area contributed by atoms with E-state index in [0.717, 1.165) is 28.6 Å². The normalized spacial score (nSPS) is 11.6. The molecular formula is C20H26N2O3S. The summed E-state index contributed by atoms with van der Waals surface area (Å²) >= 11 is 0. The molecule has 0 aromatic heterocycles. The van der Waals surface area contributed by atoms with Gasteiger partial charge >= 0.3 is 0 Å². The predicted octanol–water partition coefficient (Wildman–Crippen LogP) is 3.12. The van der Waals surface area contributed by atoms with E-state index in [1.165, 1.54) is 4.31 Å². The quantitative estimate of drug-likeness (QED) is 0.748. The number of amides is 1. The van der Waals surface area contributed by atoms with Crippen LogP contribution in [0.3, 0.4) is 0 Å². The van der Waals surface area contributed by atoms with Gasteiger partial charge in [-0.2, -0.15) is 4.31 Å². The van der Waals surface area contributed by atoms with Crippen LogP contribution in [0, 0.1) is 13.8 Å². The van der Waals surface area contributed by atoms with Crippen molar-refractivity contribution in [3.8, 4) is 0 Å². The molecule has 0 bridgehead atoms. The molecule has 0 radical (unpaired) electrons. The molecule has 2 aromatic carbocycles. The van der Waals surface area contributed by atoms with Crippen LogP contribution < -0.4 is 4.90 Å². The van der Waals surface area contributed by atoms with Crippen molar-refractivity contribution >= 4 is 21.6 Å². The van der Waals surface area contributed by atoms with Crippen molar-refractivity contribution in [3.63, 3.8) is 0 Å². The monoisotopic (exact) mass is 374 g/mol. The number of likely N-dealkylation sites (N-methyl/N-ethyl adjacent to an activating group) is 1. The van der Waals surface area contributed by atoms with E-state index >= 15 is 0 Å². The standard InChI is InChI=1S/C20H26N2O3S/c1-5-22(19-12-8-9-16(2)13-19)20(23)15-21(26(4,24)25)14-18-11-7-6-10-17(18)3/h6-13H,5,14-15H2,1-4H3. The number of nitrogens with zero attached hydrogens (tertiary/aromatic N) is 2. The number of hydrogen-bond donors (Lipinski definition) is 0. The molecule has 2 aromatic rings. The highest BCUT2D eigenvalue weighted by atomic mass is 32.2. The van der Waals surface area contributed by atoms with Crippen LogP contribution in [0.5, 0.6) is 0 Å². The minimum atomic E-state index is -3.52. The summed E-state index contributed by atoms with van der Waals surface area (Å²) < 4.78 is 25.7. The molecule has 0 heterocycles. The first-order chi connectivity index (χ1) is 12.2. The molecule has 0 spiro atoms. The van der Waals surface area contributed by atoms with Gasteiger partial charge in [0, 0.05) is 18.8 Å². The van der Waals surface area contributed by atoms with Crippen LogP contribution in [0.1, 0.15) is 23.6 Å². The Morgan fingerprint density at radius 1 is 1.04 bits per heavy atom. The fourth-order valence-electron chi connectivity index (χ4n) is 2.80. The van der Waals surface area contributed by atoms with Gasteiger partial charge in [0.15, 0.2) is 0 Å². The van der Waals surface area contributed by atoms with Crippen molar-refractivity contribution in [2.45, 2.75) is 27.3 Å². The topological polar surface area (TPSA) is 57.7 Å². The molecule has 0 unspecified atom stereocenters. The second-order valence-electron chi connectivity index (χ2n) is 6.43. The third kappa shape index (κ3) is 5.16. The molecule has 26 heavy (non-hydrogen) atoms. The summed E-state index contributed by atoms with van der Waals surface area (Å²) in [5.74, 6) is -0.239. The Morgan fingerprint density at radius 3 is 2.31 bits per heavy atom. The number of sulfonamides is 1. The molecular weight excluding hydrogens is 348 g/mol. The van der Waals surface area contributed by atoms with Crippen molar-refractivity contribution in [1.82, 2.24) is 4.31 Å². The van der Waals surface area contributed by atoms with Crippen LogP contribution in [0.2, 0.25) is 0 Å². The summed E-state index contributed by atoms with van der Waals surface area (Å²) in [7, 11) is -3.52. The second kappa shape index (κ2) is 8.47. The van der Waals surface area contributed by atoms with Crippen LogP contribution >= 0.6 is 0 Å². The molecule has 0 aliphatic carbocycles. The second-order valence-corrected chi connectivity index (χ2v) is 8.42. The minimum Gasteiger partial charge on any atom is -0.312 e. The highest BCUT2D eigenvalue weighted by molar-refractivity contribution is 7.88. The van der Waals surface area contributed by atoms with E-state index in [1.807, 2.05) is 69.3 Å². The Balaban J connectivity index is 2.24. The van der Waals surface area contributed by atoms with Gasteiger partial charge in [0.1, 0.15) is 0 Å². The van der Waals surface area contributed by atoms with E-state index in [2.05, 4.69) is 0 Å². The molecule has 2 rings (SSSR count). The lowest BCUT2D eigenvalue weighted by Crippen LogP contribution is -2.42. The molecule has 140 valence electrons. The number of aryl methyl sites for hydroxylation is 2. The maximum absolute atomic E-state index is 12.8. The molecule has 0 aliphatic rings. The molecule has 5 nitrogen and oxygen atoms in total. The van der Waals surface area contributed by atoms with E-state index < -0.39 is 10.0 Å². The third-order valence-electron chi connectivity index (χ3n) is 4.32. The van der Waals surface area contributed by atoms with Gasteiger partial charge in [0.25, 0.3) is 0 Å². The Labute approximate surface area is 156 Å². The summed E-state index contributed by atoms with van der Waals surface area (Å²) in [6.07, 6.45) is 1.14. The Hall–Kier alpha value is -2.18. The Kier molecular flexibility index (Phi) is 6.56. The van der Waals surface area contributed by atoms with Crippen molar-refractivity contribution in [1.29, 1.82) is 0 Å². The lowest BCUT2D eigenvalue weighted by molar-refractivity contribution is -0.118. The van der Waals surface area contributed by atoms with Gasteiger partial charge in [0.2, 0.25) is 15.9 Å². The number of anilines is 1. The molecule has 0 atom stereocenters. The van der Waals surface area contributed by atoms with Gasteiger partial charge in [-0.25, -0.2) is 8.42 Å². The summed E-state index contributed by atoms with van der Waals surface area (Å²) in [6, 6.07) is 15.2. The first kappa shape index (κ1) is 20.1. The van der Waals surface area contributed by atoms with Gasteiger partial charge in [-0.15, -0.1) is 0 Å². The average Bonchev–Trinajstić information content (AvgIpc) is 2.56. The summed E-state index contributed by atoms with van der Waals surface area (Å²) in [4.78, 5) is 14.5. The SMILES string of the molecule is CCN(C(=O)CN(Cc1ccccc1C)S(C)(=O)=O)c1cccc(C)c1. The average molecular weight is 375 g/mol. The molecule has 0 fully saturated rings. The summed E-state index contributed by atoms with van der Waals surface area (Å²) in [5.41, 5.74) is 3.72. The van der Waals surface area contributed by atoms with Gasteiger partial charge in [-0.3, -0.25) is 4.79 Å². The van der Waals surface area contributed by atoms with E-state index in [1.54, 1.807) is 4.90 Å². The molecule has 1 amide bonds. The highest BCUT2D eigenvalue weighted by Crippen LogP contribution is 2.18. The van der Waals surface area contributed by atoms with E-state index in [0.29, 0.717) is 6.54 Å². The maximum Gasteiger partial charge on any atom is 0.242 e. The number of carbonyl (C=O) groups excluding carboxylic acids is 1. The zero-order valence-electron chi connectivity index (χ0n) is 15.8. The number of rotatable bonds is 7. The first-order valence-corrected chi connectivity index (χ1v) is 10.4. The van der Waals surface area contributed by atoms with Crippen molar-refractivity contribution < 1.29 is 13.2 Å². The van der Waals surface area contributed by atoms with E-state index in [4.69, 9.17) is 0 Å². The molecule has 6 heteroatoms. The zero-order valence-corrected chi connectivity index (χ0v) is 16.6. The molecule has 0 aliphatic heterocycles. The number of carbonyl (C=O) groups is 1. The van der Waals surface area contributed by atoms with Gasteiger partial charge in [0.05, 0.1) is 12.8 Å². The lowest BCUT2D eigenvalue weighted by Gasteiger charge is -2.26. The van der Waals surface area contributed by atoms with Gasteiger partial charge in [-0.05, 0) is 49.6 Å². The van der Waals surface area contributed by atoms with Crippen molar-refractivity contribution in [3.05, 3.63) is 65.2 Å². The third-order valence-corrected chi connectivity index (χ3v) is 5.52. The number of benzene rings is 2. The minimum absolute atomic E-state index is 0.183. The Bertz CT molecular complexity index is 878. The molecule has 0 N–H and O–H groups in total. The van der Waals surface area contributed by atoms with Crippen molar-refractivity contribution in [2.24, 2.45) is 0 Å². The first-order valence-electron chi connectivity index (χ1n) is 8.59. The zero-order chi connectivity index (χ0) is 19.3. The van der Waals surface area contributed by atoms with Crippen LogP contribution in [-0.2, 0) is 21.4 Å². The van der Waals surface area contributed by atoms with E-state index in [9.17, 15) is 13.2 Å². The van der Waals surface area contributed by atoms with Crippen molar-refractivity contribution in [2.75, 3.05) is 24.2 Å².